The lowest BCUT2D eigenvalue weighted by Gasteiger charge is -2.10. The standard InChI is InChI=1S/C12H21N3S/c1-2-16-12-5-3-10(4-6-12)8-15-9-11(14)7-13/h3-6,11,15H,2,7-9,13-14H2,1H3. The maximum atomic E-state index is 5.71. The van der Waals surface area contributed by atoms with E-state index in [1.807, 2.05) is 11.8 Å². The van der Waals surface area contributed by atoms with Gasteiger partial charge in [-0.3, -0.25) is 0 Å². The molecule has 0 saturated carbocycles. The van der Waals surface area contributed by atoms with Gasteiger partial charge in [0.25, 0.3) is 0 Å². The van der Waals surface area contributed by atoms with Gasteiger partial charge in [0, 0.05) is 30.6 Å². The van der Waals surface area contributed by atoms with Gasteiger partial charge < -0.3 is 16.8 Å². The zero-order chi connectivity index (χ0) is 11.8. The lowest BCUT2D eigenvalue weighted by molar-refractivity contribution is 0.582. The van der Waals surface area contributed by atoms with Gasteiger partial charge >= 0.3 is 0 Å². The summed E-state index contributed by atoms with van der Waals surface area (Å²) in [5.41, 5.74) is 12.4. The van der Waals surface area contributed by atoms with Gasteiger partial charge in [0.2, 0.25) is 0 Å². The van der Waals surface area contributed by atoms with E-state index in [0.29, 0.717) is 6.54 Å². The molecule has 16 heavy (non-hydrogen) atoms. The molecule has 1 atom stereocenters. The summed E-state index contributed by atoms with van der Waals surface area (Å²) in [6.07, 6.45) is 0. The first-order valence-electron chi connectivity index (χ1n) is 5.64. The molecule has 1 aromatic carbocycles. The van der Waals surface area contributed by atoms with Crippen molar-refractivity contribution in [1.82, 2.24) is 5.32 Å². The van der Waals surface area contributed by atoms with Crippen molar-refractivity contribution < 1.29 is 0 Å². The van der Waals surface area contributed by atoms with Gasteiger partial charge in [-0.15, -0.1) is 11.8 Å². The summed E-state index contributed by atoms with van der Waals surface area (Å²) < 4.78 is 0. The maximum Gasteiger partial charge on any atom is 0.0290 e. The minimum atomic E-state index is 0.0509. The quantitative estimate of drug-likeness (QED) is 0.625. The number of nitrogens with two attached hydrogens (primary N) is 2. The van der Waals surface area contributed by atoms with E-state index in [4.69, 9.17) is 11.5 Å². The largest absolute Gasteiger partial charge is 0.329 e. The van der Waals surface area contributed by atoms with Crippen molar-refractivity contribution in [3.8, 4) is 0 Å². The van der Waals surface area contributed by atoms with Crippen molar-refractivity contribution in [2.45, 2.75) is 24.4 Å². The molecule has 0 aliphatic rings. The van der Waals surface area contributed by atoms with Crippen LogP contribution in [0.5, 0.6) is 0 Å². The molecule has 1 aromatic rings. The van der Waals surface area contributed by atoms with Crippen LogP contribution in [0.1, 0.15) is 12.5 Å². The second kappa shape index (κ2) is 7.68. The highest BCUT2D eigenvalue weighted by atomic mass is 32.2. The monoisotopic (exact) mass is 239 g/mol. The van der Waals surface area contributed by atoms with Gasteiger partial charge in [-0.2, -0.15) is 0 Å². The third kappa shape index (κ3) is 4.99. The van der Waals surface area contributed by atoms with E-state index in [-0.39, 0.29) is 6.04 Å². The Morgan fingerprint density at radius 3 is 2.56 bits per heavy atom. The molecule has 0 aliphatic heterocycles. The number of thioether (sulfide) groups is 1. The number of nitrogens with one attached hydrogen (secondary N) is 1. The summed E-state index contributed by atoms with van der Waals surface area (Å²) in [5.74, 6) is 1.11. The number of rotatable bonds is 7. The third-order valence-electron chi connectivity index (χ3n) is 2.27. The maximum absolute atomic E-state index is 5.71. The lowest BCUT2D eigenvalue weighted by atomic mass is 10.2. The van der Waals surface area contributed by atoms with E-state index in [0.717, 1.165) is 18.8 Å². The van der Waals surface area contributed by atoms with Gasteiger partial charge in [-0.1, -0.05) is 19.1 Å². The molecule has 0 aromatic heterocycles. The van der Waals surface area contributed by atoms with Crippen LogP contribution >= 0.6 is 11.8 Å². The summed E-state index contributed by atoms with van der Waals surface area (Å²) in [4.78, 5) is 1.32. The zero-order valence-corrected chi connectivity index (χ0v) is 10.6. The minimum absolute atomic E-state index is 0.0509. The molecule has 1 unspecified atom stereocenters. The van der Waals surface area contributed by atoms with Crippen LogP contribution in [-0.2, 0) is 6.54 Å². The zero-order valence-electron chi connectivity index (χ0n) is 9.78. The third-order valence-corrected chi connectivity index (χ3v) is 3.17. The Morgan fingerprint density at radius 2 is 2.00 bits per heavy atom. The van der Waals surface area contributed by atoms with Crippen LogP contribution in [0.25, 0.3) is 0 Å². The summed E-state index contributed by atoms with van der Waals surface area (Å²) in [6, 6.07) is 8.68. The van der Waals surface area contributed by atoms with E-state index in [1.165, 1.54) is 10.5 Å². The summed E-state index contributed by atoms with van der Waals surface area (Å²) in [7, 11) is 0. The molecule has 1 rings (SSSR count). The van der Waals surface area contributed by atoms with Crippen molar-refractivity contribution >= 4 is 11.8 Å². The first kappa shape index (κ1) is 13.5. The fraction of sp³-hybridized carbons (Fsp3) is 0.500. The SMILES string of the molecule is CCSc1ccc(CNCC(N)CN)cc1. The van der Waals surface area contributed by atoms with Crippen LogP contribution in [0.3, 0.4) is 0 Å². The van der Waals surface area contributed by atoms with Crippen LogP contribution in [0.15, 0.2) is 29.2 Å². The highest BCUT2D eigenvalue weighted by molar-refractivity contribution is 7.99. The minimum Gasteiger partial charge on any atom is -0.329 e. The molecule has 0 saturated heterocycles. The second-order valence-corrected chi connectivity index (χ2v) is 5.04. The molecular weight excluding hydrogens is 218 g/mol. The van der Waals surface area contributed by atoms with Crippen molar-refractivity contribution in [3.63, 3.8) is 0 Å². The topological polar surface area (TPSA) is 64.1 Å². The normalized spacial score (nSPS) is 12.7. The van der Waals surface area contributed by atoms with Crippen LogP contribution in [0, 0.1) is 0 Å². The first-order chi connectivity index (χ1) is 7.76. The second-order valence-electron chi connectivity index (χ2n) is 3.70. The average molecular weight is 239 g/mol. The predicted molar refractivity (Wildman–Crippen MR) is 71.6 cm³/mol. The van der Waals surface area contributed by atoms with E-state index < -0.39 is 0 Å². The number of hydrogen-bond acceptors (Lipinski definition) is 4. The smallest absolute Gasteiger partial charge is 0.0290 e. The van der Waals surface area contributed by atoms with E-state index in [2.05, 4.69) is 36.5 Å². The fourth-order valence-electron chi connectivity index (χ4n) is 1.36. The molecule has 5 N–H and O–H groups in total. The molecule has 0 fully saturated rings. The molecular formula is C12H21N3S. The summed E-state index contributed by atoms with van der Waals surface area (Å²) >= 11 is 1.86. The summed E-state index contributed by atoms with van der Waals surface area (Å²) in [5, 5.41) is 3.29. The molecule has 0 spiro atoms. The van der Waals surface area contributed by atoms with Crippen molar-refractivity contribution in [2.24, 2.45) is 11.5 Å². The number of benzene rings is 1. The van der Waals surface area contributed by atoms with E-state index in [1.54, 1.807) is 0 Å². The Kier molecular flexibility index (Phi) is 6.49. The van der Waals surface area contributed by atoms with Gasteiger partial charge in [0.05, 0.1) is 0 Å². The Morgan fingerprint density at radius 1 is 1.31 bits per heavy atom. The highest BCUT2D eigenvalue weighted by Gasteiger charge is 1.98. The molecule has 0 bridgehead atoms. The molecule has 3 nitrogen and oxygen atoms in total. The van der Waals surface area contributed by atoms with Crippen LogP contribution < -0.4 is 16.8 Å². The lowest BCUT2D eigenvalue weighted by Crippen LogP contribution is -2.39. The Labute approximate surface area is 102 Å². The average Bonchev–Trinajstić information content (AvgIpc) is 2.31. The Balaban J connectivity index is 2.31. The predicted octanol–water partition coefficient (Wildman–Crippen LogP) is 1.17. The fourth-order valence-corrected chi connectivity index (χ4v) is 2.02. The van der Waals surface area contributed by atoms with E-state index >= 15 is 0 Å². The molecule has 0 aliphatic carbocycles. The van der Waals surface area contributed by atoms with Crippen molar-refractivity contribution in [1.29, 1.82) is 0 Å². The van der Waals surface area contributed by atoms with Crippen molar-refractivity contribution in [2.75, 3.05) is 18.8 Å². The van der Waals surface area contributed by atoms with Gasteiger partial charge in [0.15, 0.2) is 0 Å². The van der Waals surface area contributed by atoms with Crippen LogP contribution in [-0.4, -0.2) is 24.9 Å². The van der Waals surface area contributed by atoms with E-state index in [9.17, 15) is 0 Å². The van der Waals surface area contributed by atoms with Gasteiger partial charge in [0.1, 0.15) is 0 Å². The summed E-state index contributed by atoms with van der Waals surface area (Å²) in [6.45, 7) is 4.31. The molecule has 0 heterocycles. The molecule has 90 valence electrons. The molecule has 4 heteroatoms. The first-order valence-corrected chi connectivity index (χ1v) is 6.63. The highest BCUT2D eigenvalue weighted by Crippen LogP contribution is 2.17. The van der Waals surface area contributed by atoms with Crippen LogP contribution in [0.2, 0.25) is 0 Å². The van der Waals surface area contributed by atoms with Gasteiger partial charge in [-0.05, 0) is 23.4 Å². The van der Waals surface area contributed by atoms with Crippen LogP contribution in [0.4, 0.5) is 0 Å². The molecule has 0 amide bonds. The van der Waals surface area contributed by atoms with Gasteiger partial charge in [-0.25, -0.2) is 0 Å². The number of hydrogen-bond donors (Lipinski definition) is 3. The van der Waals surface area contributed by atoms with Crippen molar-refractivity contribution in [3.05, 3.63) is 29.8 Å². The molecule has 0 radical (unpaired) electrons. The Bertz CT molecular complexity index is 287. The Hall–Kier alpha value is -0.550.